The molecule has 0 unspecified atom stereocenters. The Kier molecular flexibility index (Phi) is 4.99. The van der Waals surface area contributed by atoms with Gasteiger partial charge in [0.15, 0.2) is 5.78 Å². The van der Waals surface area contributed by atoms with Crippen LogP contribution in [0, 0.1) is 13.8 Å². The van der Waals surface area contributed by atoms with Gasteiger partial charge >= 0.3 is 0 Å². The van der Waals surface area contributed by atoms with Crippen LogP contribution in [-0.4, -0.2) is 36.7 Å². The summed E-state index contributed by atoms with van der Waals surface area (Å²) in [5, 5.41) is 0. The maximum absolute atomic E-state index is 11.6. The van der Waals surface area contributed by atoms with E-state index in [9.17, 15) is 13.2 Å². The molecule has 18 heavy (non-hydrogen) atoms. The Morgan fingerprint density at radius 1 is 1.39 bits per heavy atom. The second-order valence-electron chi connectivity index (χ2n) is 4.48. The van der Waals surface area contributed by atoms with E-state index < -0.39 is 9.84 Å². The van der Waals surface area contributed by atoms with Crippen LogP contribution in [0.25, 0.3) is 0 Å². The predicted molar refractivity (Wildman–Crippen MR) is 73.3 cm³/mol. The lowest BCUT2D eigenvalue weighted by Crippen LogP contribution is -2.10. The van der Waals surface area contributed by atoms with Gasteiger partial charge in [-0.3, -0.25) is 4.79 Å². The van der Waals surface area contributed by atoms with E-state index in [2.05, 4.69) is 0 Å². The highest BCUT2D eigenvalue weighted by molar-refractivity contribution is 7.90. The molecule has 1 aromatic heterocycles. The van der Waals surface area contributed by atoms with Crippen molar-refractivity contribution >= 4 is 27.2 Å². The van der Waals surface area contributed by atoms with E-state index >= 15 is 0 Å². The van der Waals surface area contributed by atoms with E-state index in [0.29, 0.717) is 18.5 Å². The number of rotatable bonds is 6. The Labute approximate surface area is 113 Å². The van der Waals surface area contributed by atoms with E-state index in [1.807, 2.05) is 18.4 Å². The zero-order valence-electron chi connectivity index (χ0n) is 10.9. The fraction of sp³-hybridized carbons (Fsp3) is 0.583. The normalized spacial score (nSPS) is 11.8. The molecule has 102 valence electrons. The molecule has 1 heterocycles. The van der Waals surface area contributed by atoms with Crippen molar-refractivity contribution in [2.24, 2.45) is 0 Å². The molecule has 0 aliphatic rings. The summed E-state index contributed by atoms with van der Waals surface area (Å²) >= 11 is 5.55. The van der Waals surface area contributed by atoms with Gasteiger partial charge in [-0.25, -0.2) is 8.42 Å². The van der Waals surface area contributed by atoms with Gasteiger partial charge < -0.3 is 4.57 Å². The molecule has 4 nitrogen and oxygen atoms in total. The number of hydrogen-bond acceptors (Lipinski definition) is 3. The smallest absolute Gasteiger partial charge is 0.179 e. The monoisotopic (exact) mass is 291 g/mol. The van der Waals surface area contributed by atoms with Crippen molar-refractivity contribution in [3.05, 3.63) is 23.0 Å². The Morgan fingerprint density at radius 3 is 2.50 bits per heavy atom. The Hall–Kier alpha value is -0.810. The minimum Gasteiger partial charge on any atom is -0.348 e. The number of aromatic nitrogens is 1. The molecule has 1 aromatic rings. The second-order valence-corrected chi connectivity index (χ2v) is 7.00. The molecule has 0 aliphatic heterocycles. The lowest BCUT2D eigenvalue weighted by atomic mass is 10.2. The predicted octanol–water partition coefficient (Wildman–Crippen LogP) is 1.96. The minimum absolute atomic E-state index is 0.0341. The van der Waals surface area contributed by atoms with E-state index in [4.69, 9.17) is 11.6 Å². The summed E-state index contributed by atoms with van der Waals surface area (Å²) in [5.41, 5.74) is 2.43. The Morgan fingerprint density at radius 2 is 2.00 bits per heavy atom. The highest BCUT2D eigenvalue weighted by atomic mass is 35.5. The fourth-order valence-corrected chi connectivity index (χ4v) is 2.78. The van der Waals surface area contributed by atoms with Gasteiger partial charge in [-0.1, -0.05) is 0 Å². The number of sulfone groups is 1. The van der Waals surface area contributed by atoms with Crippen molar-refractivity contribution in [1.82, 2.24) is 4.57 Å². The molecule has 0 bridgehead atoms. The van der Waals surface area contributed by atoms with Crippen LogP contribution < -0.4 is 0 Å². The van der Waals surface area contributed by atoms with Crippen LogP contribution in [0.2, 0.25) is 0 Å². The summed E-state index contributed by atoms with van der Waals surface area (Å²) in [4.78, 5) is 11.6. The lowest BCUT2D eigenvalue weighted by molar-refractivity contribution is 0.102. The van der Waals surface area contributed by atoms with Gasteiger partial charge in [-0.05, 0) is 26.3 Å². The number of halogens is 1. The average Bonchev–Trinajstić information content (AvgIpc) is 2.54. The number of nitrogens with zero attached hydrogens (tertiary/aromatic N) is 1. The van der Waals surface area contributed by atoms with Gasteiger partial charge in [0.05, 0.1) is 11.6 Å². The van der Waals surface area contributed by atoms with Crippen LogP contribution in [0.3, 0.4) is 0 Å². The summed E-state index contributed by atoms with van der Waals surface area (Å²) in [6, 6.07) is 1.81. The van der Waals surface area contributed by atoms with Crippen LogP contribution in [0.4, 0.5) is 0 Å². The van der Waals surface area contributed by atoms with Crippen LogP contribution in [-0.2, 0) is 16.4 Å². The lowest BCUT2D eigenvalue weighted by Gasteiger charge is -2.09. The number of Topliss-reactive ketones (excluding diaryl/α,β-unsaturated/α-hetero) is 1. The maximum Gasteiger partial charge on any atom is 0.179 e. The van der Waals surface area contributed by atoms with Gasteiger partial charge in [-0.2, -0.15) is 0 Å². The van der Waals surface area contributed by atoms with Gasteiger partial charge in [0.2, 0.25) is 0 Å². The second kappa shape index (κ2) is 5.89. The Balaban J connectivity index is 2.84. The number of ketones is 1. The van der Waals surface area contributed by atoms with Crippen molar-refractivity contribution in [3.8, 4) is 0 Å². The SMILES string of the molecule is Cc1cc(C(=O)CCl)c(C)n1CCCS(C)(=O)=O. The molecule has 0 spiro atoms. The van der Waals surface area contributed by atoms with Crippen molar-refractivity contribution in [3.63, 3.8) is 0 Å². The molecule has 6 heteroatoms. The highest BCUT2D eigenvalue weighted by Gasteiger charge is 2.14. The third kappa shape index (κ3) is 3.85. The molecule has 0 saturated heterocycles. The third-order valence-corrected chi connectivity index (χ3v) is 4.17. The maximum atomic E-state index is 11.6. The standard InChI is InChI=1S/C12H18ClNO3S/c1-9-7-11(12(15)8-13)10(2)14(9)5-4-6-18(3,16)17/h7H,4-6,8H2,1-3H3. The van der Waals surface area contributed by atoms with Crippen molar-refractivity contribution < 1.29 is 13.2 Å². The first-order chi connectivity index (χ1) is 8.26. The van der Waals surface area contributed by atoms with Gasteiger partial charge in [0.1, 0.15) is 9.84 Å². The largest absolute Gasteiger partial charge is 0.348 e. The number of aryl methyl sites for hydroxylation is 1. The van der Waals surface area contributed by atoms with Gasteiger partial charge in [0, 0.05) is 29.8 Å². The van der Waals surface area contributed by atoms with Crippen molar-refractivity contribution in [2.45, 2.75) is 26.8 Å². The van der Waals surface area contributed by atoms with Crippen LogP contribution >= 0.6 is 11.6 Å². The summed E-state index contributed by atoms with van der Waals surface area (Å²) in [5.74, 6) is 0.0235. The van der Waals surface area contributed by atoms with Crippen molar-refractivity contribution in [2.75, 3.05) is 17.9 Å². The molecule has 0 fully saturated rings. The first kappa shape index (κ1) is 15.2. The number of alkyl halides is 1. The van der Waals surface area contributed by atoms with Crippen LogP contribution in [0.1, 0.15) is 28.2 Å². The third-order valence-electron chi connectivity index (χ3n) is 2.89. The zero-order valence-corrected chi connectivity index (χ0v) is 12.4. The number of hydrogen-bond donors (Lipinski definition) is 0. The molecule has 0 saturated carbocycles. The fourth-order valence-electron chi connectivity index (χ4n) is 1.98. The topological polar surface area (TPSA) is 56.1 Å². The minimum atomic E-state index is -2.94. The molecule has 0 aromatic carbocycles. The van der Waals surface area contributed by atoms with E-state index in [1.165, 1.54) is 6.26 Å². The average molecular weight is 292 g/mol. The number of carbonyl (C=O) groups is 1. The summed E-state index contributed by atoms with van der Waals surface area (Å²) < 4.78 is 24.1. The van der Waals surface area contributed by atoms with Gasteiger partial charge in [0.25, 0.3) is 0 Å². The molecule has 0 amide bonds. The first-order valence-corrected chi connectivity index (χ1v) is 8.29. The Bertz CT molecular complexity index is 546. The number of carbonyl (C=O) groups excluding carboxylic acids is 1. The highest BCUT2D eigenvalue weighted by Crippen LogP contribution is 2.16. The summed E-state index contributed by atoms with van der Waals surface area (Å²) in [7, 11) is -2.94. The molecule has 0 aliphatic carbocycles. The molecular weight excluding hydrogens is 274 g/mol. The quantitative estimate of drug-likeness (QED) is 0.595. The molecule has 0 N–H and O–H groups in total. The van der Waals surface area contributed by atoms with Crippen molar-refractivity contribution in [1.29, 1.82) is 0 Å². The van der Waals surface area contributed by atoms with Crippen LogP contribution in [0.15, 0.2) is 6.07 Å². The van der Waals surface area contributed by atoms with E-state index in [0.717, 1.165) is 11.4 Å². The first-order valence-electron chi connectivity index (χ1n) is 5.70. The van der Waals surface area contributed by atoms with Gasteiger partial charge in [-0.15, -0.1) is 11.6 Å². The summed E-state index contributed by atoms with van der Waals surface area (Å²) in [6.45, 7) is 4.35. The molecule has 0 radical (unpaired) electrons. The summed E-state index contributed by atoms with van der Waals surface area (Å²) in [6.07, 6.45) is 1.77. The zero-order chi connectivity index (χ0) is 13.9. The molecular formula is C12H18ClNO3S. The van der Waals surface area contributed by atoms with E-state index in [-0.39, 0.29) is 17.4 Å². The van der Waals surface area contributed by atoms with Crippen LogP contribution in [0.5, 0.6) is 0 Å². The van der Waals surface area contributed by atoms with E-state index in [1.54, 1.807) is 6.07 Å². The molecule has 1 rings (SSSR count). The molecule has 0 atom stereocenters.